The van der Waals surface area contributed by atoms with E-state index < -0.39 is 94.9 Å². The number of carbonyl (C=O) groups excluding carboxylic acids is 2. The summed E-state index contributed by atoms with van der Waals surface area (Å²) in [5, 5.41) is 87.1. The second kappa shape index (κ2) is 9.48. The van der Waals surface area contributed by atoms with E-state index in [-0.39, 0.29) is 0 Å². The molecular formula is C20H20O14. The molecule has 1 saturated heterocycles. The number of aliphatic hydroxyl groups excluding tert-OH is 3. The van der Waals surface area contributed by atoms with Crippen molar-refractivity contribution in [2.24, 2.45) is 0 Å². The van der Waals surface area contributed by atoms with Gasteiger partial charge in [-0.05, 0) is 24.3 Å². The highest BCUT2D eigenvalue weighted by Gasteiger charge is 2.48. The Hall–Kier alpha value is -3.98. The summed E-state index contributed by atoms with van der Waals surface area (Å²) in [5.41, 5.74) is -0.911. The van der Waals surface area contributed by atoms with Crippen LogP contribution in [0.3, 0.4) is 0 Å². The van der Waals surface area contributed by atoms with Crippen molar-refractivity contribution in [2.45, 2.75) is 30.7 Å². The van der Waals surface area contributed by atoms with E-state index in [9.17, 15) is 55.5 Å². The van der Waals surface area contributed by atoms with E-state index in [0.717, 1.165) is 24.3 Å². The summed E-state index contributed by atoms with van der Waals surface area (Å²) >= 11 is 0. The second-order valence-corrected chi connectivity index (χ2v) is 7.21. The molecule has 5 atom stereocenters. The Morgan fingerprint density at radius 1 is 0.735 bits per heavy atom. The molecule has 3 rings (SSSR count). The predicted octanol–water partition coefficient (Wildman–Crippen LogP) is -1.26. The molecule has 0 spiro atoms. The first-order valence-corrected chi connectivity index (χ1v) is 9.48. The first-order chi connectivity index (χ1) is 15.9. The predicted molar refractivity (Wildman–Crippen MR) is 105 cm³/mol. The number of rotatable bonds is 5. The standard InChI is InChI=1S/C20H20O14/c21-5-12-17(33-18(30)6-1-8(22)13(26)9(23)2-6)15(28)16(29)20(32-12)34-19(31)7-3-10(24)14(27)11(25)4-7/h1-4,12,15-17,20-29H,5H2/t12-,15-,16-,17-,20+/m0/s1. The van der Waals surface area contributed by atoms with Gasteiger partial charge in [0.2, 0.25) is 6.29 Å². The van der Waals surface area contributed by atoms with Crippen LogP contribution in [0.1, 0.15) is 20.7 Å². The molecule has 0 radical (unpaired) electrons. The van der Waals surface area contributed by atoms with Gasteiger partial charge in [-0.1, -0.05) is 0 Å². The highest BCUT2D eigenvalue weighted by atomic mass is 16.7. The summed E-state index contributed by atoms with van der Waals surface area (Å²) in [7, 11) is 0. The molecule has 34 heavy (non-hydrogen) atoms. The lowest BCUT2D eigenvalue weighted by molar-refractivity contribution is -0.284. The number of benzene rings is 2. The largest absolute Gasteiger partial charge is 0.504 e. The normalized spacial score (nSPS) is 24.4. The third-order valence-corrected chi connectivity index (χ3v) is 4.90. The van der Waals surface area contributed by atoms with Crippen molar-refractivity contribution in [3.63, 3.8) is 0 Å². The van der Waals surface area contributed by atoms with Crippen molar-refractivity contribution in [2.75, 3.05) is 6.61 Å². The summed E-state index contributed by atoms with van der Waals surface area (Å²) in [5.74, 6) is -7.65. The molecule has 0 amide bonds. The molecular weight excluding hydrogens is 464 g/mol. The van der Waals surface area contributed by atoms with E-state index in [4.69, 9.17) is 14.2 Å². The van der Waals surface area contributed by atoms with Gasteiger partial charge in [0.25, 0.3) is 0 Å². The summed E-state index contributed by atoms with van der Waals surface area (Å²) in [6.45, 7) is -0.886. The Bertz CT molecular complexity index is 1050. The van der Waals surface area contributed by atoms with Crippen LogP contribution in [0.2, 0.25) is 0 Å². The van der Waals surface area contributed by atoms with Gasteiger partial charge in [-0.15, -0.1) is 0 Å². The monoisotopic (exact) mass is 484 g/mol. The molecule has 0 aliphatic carbocycles. The molecule has 14 heteroatoms. The van der Waals surface area contributed by atoms with Crippen LogP contribution in [0.5, 0.6) is 34.5 Å². The van der Waals surface area contributed by atoms with Crippen LogP contribution in [-0.4, -0.2) is 95.2 Å². The van der Waals surface area contributed by atoms with Crippen LogP contribution in [-0.2, 0) is 14.2 Å². The lowest BCUT2D eigenvalue weighted by Crippen LogP contribution is -2.60. The number of carbonyl (C=O) groups is 2. The van der Waals surface area contributed by atoms with E-state index in [1.165, 1.54) is 0 Å². The average Bonchev–Trinajstić information content (AvgIpc) is 2.79. The molecule has 0 unspecified atom stereocenters. The number of esters is 2. The summed E-state index contributed by atoms with van der Waals surface area (Å²) < 4.78 is 15.1. The van der Waals surface area contributed by atoms with Gasteiger partial charge in [0, 0.05) is 0 Å². The maximum atomic E-state index is 12.4. The first kappa shape index (κ1) is 24.7. The van der Waals surface area contributed by atoms with Crippen molar-refractivity contribution >= 4 is 11.9 Å². The first-order valence-electron chi connectivity index (χ1n) is 9.48. The number of phenols is 6. The van der Waals surface area contributed by atoms with Gasteiger partial charge in [-0.2, -0.15) is 0 Å². The molecule has 14 nitrogen and oxygen atoms in total. The van der Waals surface area contributed by atoms with E-state index in [1.807, 2.05) is 0 Å². The van der Waals surface area contributed by atoms with E-state index in [1.54, 1.807) is 0 Å². The SMILES string of the molecule is O=C(O[C@H]1O[C@@H](CO)[C@H](OC(=O)c2cc(O)c(O)c(O)c2)[C@@H](O)[C@@H]1O)c1cc(O)c(O)c(O)c1. The minimum Gasteiger partial charge on any atom is -0.504 e. The minimum atomic E-state index is -2.01. The van der Waals surface area contributed by atoms with Crippen LogP contribution < -0.4 is 0 Å². The quantitative estimate of drug-likeness (QED) is 0.178. The fourth-order valence-electron chi connectivity index (χ4n) is 3.10. The zero-order valence-electron chi connectivity index (χ0n) is 17.0. The smallest absolute Gasteiger partial charge is 0.340 e. The molecule has 0 bridgehead atoms. The van der Waals surface area contributed by atoms with E-state index in [0.29, 0.717) is 0 Å². The van der Waals surface area contributed by atoms with E-state index in [2.05, 4.69) is 0 Å². The Kier molecular flexibility index (Phi) is 6.88. The van der Waals surface area contributed by atoms with Gasteiger partial charge >= 0.3 is 11.9 Å². The van der Waals surface area contributed by atoms with Gasteiger partial charge in [-0.3, -0.25) is 0 Å². The molecule has 0 saturated carbocycles. The highest BCUT2D eigenvalue weighted by molar-refractivity contribution is 5.92. The van der Waals surface area contributed by atoms with Gasteiger partial charge in [-0.25, -0.2) is 9.59 Å². The van der Waals surface area contributed by atoms with Crippen molar-refractivity contribution < 1.29 is 69.8 Å². The Morgan fingerprint density at radius 2 is 1.15 bits per heavy atom. The number of aromatic hydroxyl groups is 6. The zero-order chi connectivity index (χ0) is 25.3. The molecule has 1 fully saturated rings. The number of hydrogen-bond acceptors (Lipinski definition) is 14. The summed E-state index contributed by atoms with van der Waals surface area (Å²) in [6.07, 6.45) is -9.10. The van der Waals surface area contributed by atoms with Crippen LogP contribution in [0, 0.1) is 0 Å². The number of phenolic OH excluding ortho intramolecular Hbond substituents is 6. The molecule has 0 aromatic heterocycles. The van der Waals surface area contributed by atoms with Gasteiger partial charge in [0.05, 0.1) is 17.7 Å². The molecule has 1 aliphatic heterocycles. The van der Waals surface area contributed by atoms with E-state index >= 15 is 0 Å². The fourth-order valence-corrected chi connectivity index (χ4v) is 3.10. The third kappa shape index (κ3) is 4.69. The molecule has 184 valence electrons. The topological polar surface area (TPSA) is 244 Å². The molecule has 9 N–H and O–H groups in total. The third-order valence-electron chi connectivity index (χ3n) is 4.90. The maximum absolute atomic E-state index is 12.4. The zero-order valence-corrected chi connectivity index (χ0v) is 17.0. The fraction of sp³-hybridized carbons (Fsp3) is 0.300. The van der Waals surface area contributed by atoms with Crippen molar-refractivity contribution in [1.29, 1.82) is 0 Å². The summed E-state index contributed by atoms with van der Waals surface area (Å²) in [4.78, 5) is 24.7. The van der Waals surface area contributed by atoms with Crippen molar-refractivity contribution in [1.82, 2.24) is 0 Å². The average molecular weight is 484 g/mol. The Labute approximate surface area is 189 Å². The highest BCUT2D eigenvalue weighted by Crippen LogP contribution is 2.37. The number of ether oxygens (including phenoxy) is 3. The van der Waals surface area contributed by atoms with Crippen LogP contribution >= 0.6 is 0 Å². The van der Waals surface area contributed by atoms with Crippen LogP contribution in [0.15, 0.2) is 24.3 Å². The van der Waals surface area contributed by atoms with Gasteiger partial charge in [0.15, 0.2) is 40.6 Å². The second-order valence-electron chi connectivity index (χ2n) is 7.21. The van der Waals surface area contributed by atoms with Crippen molar-refractivity contribution in [3.8, 4) is 34.5 Å². The lowest BCUT2D eigenvalue weighted by atomic mass is 9.98. The molecule has 2 aromatic carbocycles. The molecule has 1 heterocycles. The minimum absolute atomic E-state index is 0.452. The van der Waals surface area contributed by atoms with Crippen LogP contribution in [0.25, 0.3) is 0 Å². The van der Waals surface area contributed by atoms with Gasteiger partial charge < -0.3 is 60.2 Å². The molecule has 1 aliphatic rings. The van der Waals surface area contributed by atoms with Gasteiger partial charge in [0.1, 0.15) is 18.3 Å². The van der Waals surface area contributed by atoms with Crippen molar-refractivity contribution in [3.05, 3.63) is 35.4 Å². The molecule has 2 aromatic rings. The Morgan fingerprint density at radius 3 is 1.56 bits per heavy atom. The lowest BCUT2D eigenvalue weighted by Gasteiger charge is -2.40. The maximum Gasteiger partial charge on any atom is 0.340 e. The number of aliphatic hydroxyl groups is 3. The number of hydrogen-bond donors (Lipinski definition) is 9. The Balaban J connectivity index is 1.75. The van der Waals surface area contributed by atoms with Crippen LogP contribution in [0.4, 0.5) is 0 Å². The summed E-state index contributed by atoms with van der Waals surface area (Å²) in [6, 6.07) is 3.01.